The zero-order chi connectivity index (χ0) is 24.1. The topological polar surface area (TPSA) is 113 Å². The van der Waals surface area contributed by atoms with Gasteiger partial charge in [-0.25, -0.2) is 17.2 Å². The normalized spacial score (nSPS) is 17.5. The number of nitrogens with zero attached hydrogens (tertiary/aromatic N) is 1. The summed E-state index contributed by atoms with van der Waals surface area (Å²) in [6, 6.07) is 9.60. The van der Waals surface area contributed by atoms with Crippen LogP contribution in [0.3, 0.4) is 0 Å². The van der Waals surface area contributed by atoms with Crippen molar-refractivity contribution in [1.82, 2.24) is 9.62 Å². The van der Waals surface area contributed by atoms with Crippen molar-refractivity contribution in [2.75, 3.05) is 18.8 Å². The molecule has 0 saturated carbocycles. The highest BCUT2D eigenvalue weighted by molar-refractivity contribution is 7.89. The molecule has 1 aliphatic heterocycles. The Bertz CT molecular complexity index is 1040. The van der Waals surface area contributed by atoms with Gasteiger partial charge in [0.2, 0.25) is 15.9 Å². The molecule has 3 rings (SSSR count). The molecule has 2 aromatic rings. The first-order chi connectivity index (χ1) is 15.6. The van der Waals surface area contributed by atoms with E-state index in [2.05, 4.69) is 5.32 Å². The van der Waals surface area contributed by atoms with Crippen molar-refractivity contribution in [3.8, 4) is 0 Å². The first kappa shape index (κ1) is 24.8. The third-order valence-corrected chi connectivity index (χ3v) is 7.66. The Morgan fingerprint density at radius 1 is 1.12 bits per heavy atom. The van der Waals surface area contributed by atoms with Gasteiger partial charge in [0.05, 0.1) is 11.8 Å². The van der Waals surface area contributed by atoms with Crippen LogP contribution in [0, 0.1) is 11.6 Å². The van der Waals surface area contributed by atoms with E-state index in [1.54, 1.807) is 0 Å². The van der Waals surface area contributed by atoms with Gasteiger partial charge in [0.1, 0.15) is 17.2 Å². The van der Waals surface area contributed by atoms with Crippen molar-refractivity contribution in [3.05, 3.63) is 83.6 Å². The van der Waals surface area contributed by atoms with Crippen LogP contribution in [0.25, 0.3) is 0 Å². The van der Waals surface area contributed by atoms with Crippen LogP contribution < -0.4 is 11.1 Å². The summed E-state index contributed by atoms with van der Waals surface area (Å²) in [5, 5.41) is 14.7. The molecule has 7 nitrogen and oxygen atoms in total. The Morgan fingerprint density at radius 3 is 2.18 bits per heavy atom. The molecule has 1 saturated heterocycles. The number of carbonyl (C=O) groups is 1. The smallest absolute Gasteiger partial charge is 0.242 e. The molecule has 1 aliphatic rings. The van der Waals surface area contributed by atoms with Crippen LogP contribution in [0.15, 0.2) is 60.8 Å². The van der Waals surface area contributed by atoms with Crippen molar-refractivity contribution in [2.45, 2.75) is 30.9 Å². The maximum absolute atomic E-state index is 13.6. The van der Waals surface area contributed by atoms with Crippen LogP contribution >= 0.6 is 0 Å². The number of hydrogen-bond donors (Lipinski definition) is 3. The maximum Gasteiger partial charge on any atom is 0.242 e. The predicted molar refractivity (Wildman–Crippen MR) is 120 cm³/mol. The van der Waals surface area contributed by atoms with Crippen molar-refractivity contribution >= 4 is 15.9 Å². The lowest BCUT2D eigenvalue weighted by Crippen LogP contribution is -2.51. The SMILES string of the molecule is NC(=O)/C=C\NCCCS(=O)(=O)N1CCC[C@@H]1C(O)(c1ccc(F)cc1)c1ccc(F)cc1. The number of sulfonamides is 1. The average Bonchev–Trinajstić information content (AvgIpc) is 3.28. The second kappa shape index (κ2) is 10.4. The fraction of sp³-hybridized carbons (Fsp3) is 0.348. The fourth-order valence-electron chi connectivity index (χ4n) is 4.15. The minimum atomic E-state index is -3.76. The summed E-state index contributed by atoms with van der Waals surface area (Å²) in [4.78, 5) is 10.7. The lowest BCUT2D eigenvalue weighted by Gasteiger charge is -2.39. The summed E-state index contributed by atoms with van der Waals surface area (Å²) in [5.74, 6) is -1.78. The van der Waals surface area contributed by atoms with E-state index in [0.717, 1.165) is 6.08 Å². The molecule has 0 bridgehead atoms. The Labute approximate surface area is 192 Å². The van der Waals surface area contributed by atoms with Gasteiger partial charge in [-0.05, 0) is 54.7 Å². The molecule has 2 aromatic carbocycles. The Hall–Kier alpha value is -2.82. The summed E-state index contributed by atoms with van der Waals surface area (Å²) >= 11 is 0. The van der Waals surface area contributed by atoms with Gasteiger partial charge in [0.15, 0.2) is 0 Å². The highest BCUT2D eigenvalue weighted by Gasteiger charge is 2.49. The van der Waals surface area contributed by atoms with Gasteiger partial charge in [-0.1, -0.05) is 24.3 Å². The molecule has 0 spiro atoms. The molecule has 0 aliphatic carbocycles. The number of amides is 1. The van der Waals surface area contributed by atoms with Gasteiger partial charge < -0.3 is 16.2 Å². The van der Waals surface area contributed by atoms with Gasteiger partial charge in [-0.3, -0.25) is 4.79 Å². The van der Waals surface area contributed by atoms with Crippen molar-refractivity contribution in [2.24, 2.45) is 5.73 Å². The van der Waals surface area contributed by atoms with E-state index < -0.39 is 39.2 Å². The quantitative estimate of drug-likeness (QED) is 0.356. The van der Waals surface area contributed by atoms with Gasteiger partial charge in [0, 0.05) is 25.4 Å². The average molecular weight is 480 g/mol. The largest absolute Gasteiger partial charge is 0.391 e. The monoisotopic (exact) mass is 479 g/mol. The summed E-state index contributed by atoms with van der Waals surface area (Å²) in [7, 11) is -3.76. The first-order valence-corrected chi connectivity index (χ1v) is 12.2. The summed E-state index contributed by atoms with van der Waals surface area (Å²) < 4.78 is 54.8. The number of nitrogens with one attached hydrogen (secondary N) is 1. The minimum absolute atomic E-state index is 0.177. The van der Waals surface area contributed by atoms with Crippen LogP contribution in [0.5, 0.6) is 0 Å². The van der Waals surface area contributed by atoms with E-state index in [9.17, 15) is 27.1 Å². The molecule has 33 heavy (non-hydrogen) atoms. The molecule has 178 valence electrons. The number of carbonyl (C=O) groups excluding carboxylic acids is 1. The summed E-state index contributed by atoms with van der Waals surface area (Å²) in [6.45, 7) is 0.536. The molecule has 0 radical (unpaired) electrons. The molecule has 1 amide bonds. The van der Waals surface area contributed by atoms with E-state index in [0.29, 0.717) is 30.5 Å². The predicted octanol–water partition coefficient (Wildman–Crippen LogP) is 1.97. The number of rotatable bonds is 10. The van der Waals surface area contributed by atoms with Crippen LogP contribution in [-0.4, -0.2) is 48.6 Å². The third-order valence-electron chi connectivity index (χ3n) is 5.70. The van der Waals surface area contributed by atoms with E-state index in [1.807, 2.05) is 0 Å². The Morgan fingerprint density at radius 2 is 1.67 bits per heavy atom. The highest BCUT2D eigenvalue weighted by Crippen LogP contribution is 2.41. The molecule has 4 N–H and O–H groups in total. The molecular formula is C23H27F2N3O4S. The lowest BCUT2D eigenvalue weighted by atomic mass is 9.79. The van der Waals surface area contributed by atoms with E-state index >= 15 is 0 Å². The van der Waals surface area contributed by atoms with Gasteiger partial charge in [-0.2, -0.15) is 4.31 Å². The van der Waals surface area contributed by atoms with Crippen LogP contribution in [0.4, 0.5) is 8.78 Å². The van der Waals surface area contributed by atoms with Gasteiger partial charge in [0.25, 0.3) is 0 Å². The molecule has 1 heterocycles. The van der Waals surface area contributed by atoms with E-state index in [4.69, 9.17) is 5.73 Å². The number of aliphatic hydroxyl groups is 1. The summed E-state index contributed by atoms with van der Waals surface area (Å²) in [6.07, 6.45) is 3.67. The van der Waals surface area contributed by atoms with Gasteiger partial charge >= 0.3 is 0 Å². The summed E-state index contributed by atoms with van der Waals surface area (Å²) in [5.41, 5.74) is 3.84. The van der Waals surface area contributed by atoms with Crippen LogP contribution in [0.2, 0.25) is 0 Å². The molecule has 0 aromatic heterocycles. The molecule has 0 unspecified atom stereocenters. The molecular weight excluding hydrogens is 452 g/mol. The van der Waals surface area contributed by atoms with Crippen molar-refractivity contribution in [3.63, 3.8) is 0 Å². The van der Waals surface area contributed by atoms with Crippen molar-refractivity contribution < 1.29 is 27.1 Å². The molecule has 1 atom stereocenters. The number of hydrogen-bond acceptors (Lipinski definition) is 5. The standard InChI is InChI=1S/C23H27F2N3O4S/c24-19-8-4-17(5-9-19)23(30,18-6-10-20(25)11-7-18)21-3-1-15-28(21)33(31,32)16-2-13-27-14-12-22(26)29/h4-12,14,21,27,30H,1-3,13,15-16H2,(H2,26,29)/b14-12-/t21-/m1/s1. The van der Waals surface area contributed by atoms with Gasteiger partial charge in [-0.15, -0.1) is 0 Å². The first-order valence-electron chi connectivity index (χ1n) is 10.6. The number of benzene rings is 2. The number of nitrogens with two attached hydrogens (primary N) is 1. The lowest BCUT2D eigenvalue weighted by molar-refractivity contribution is -0.113. The third kappa shape index (κ3) is 5.76. The number of halogens is 2. The highest BCUT2D eigenvalue weighted by atomic mass is 32.2. The minimum Gasteiger partial charge on any atom is -0.391 e. The second-order valence-corrected chi connectivity index (χ2v) is 9.95. The Kier molecular flexibility index (Phi) is 7.83. The Balaban J connectivity index is 1.87. The van der Waals surface area contributed by atoms with E-state index in [1.165, 1.54) is 59.0 Å². The van der Waals surface area contributed by atoms with Crippen LogP contribution in [0.1, 0.15) is 30.4 Å². The fourth-order valence-corrected chi connectivity index (χ4v) is 5.94. The number of primary amides is 1. The second-order valence-electron chi connectivity index (χ2n) is 7.91. The maximum atomic E-state index is 13.6. The zero-order valence-corrected chi connectivity index (χ0v) is 18.8. The van der Waals surface area contributed by atoms with Crippen LogP contribution in [-0.2, 0) is 20.4 Å². The van der Waals surface area contributed by atoms with E-state index in [-0.39, 0.29) is 18.7 Å². The van der Waals surface area contributed by atoms with Crippen molar-refractivity contribution in [1.29, 1.82) is 0 Å². The molecule has 10 heteroatoms. The zero-order valence-electron chi connectivity index (χ0n) is 18.0. The molecule has 1 fully saturated rings.